The molecule has 0 radical (unpaired) electrons. The highest BCUT2D eigenvalue weighted by Gasteiger charge is 2.34. The first-order valence-electron chi connectivity index (χ1n) is 25.7. The molecule has 2 unspecified atom stereocenters. The number of ketones is 4. The lowest BCUT2D eigenvalue weighted by atomic mass is 9.66. The van der Waals surface area contributed by atoms with Crippen LogP contribution in [0.4, 0.5) is 0 Å². The highest BCUT2D eigenvalue weighted by molar-refractivity contribution is 5.95. The van der Waals surface area contributed by atoms with E-state index in [9.17, 15) is 19.2 Å². The maximum absolute atomic E-state index is 11.8. The van der Waals surface area contributed by atoms with Crippen LogP contribution in [-0.2, 0) is 19.2 Å². The van der Waals surface area contributed by atoms with Crippen LogP contribution < -0.4 is 0 Å². The van der Waals surface area contributed by atoms with E-state index in [1.807, 2.05) is 27.7 Å². The van der Waals surface area contributed by atoms with Crippen molar-refractivity contribution in [2.45, 2.75) is 227 Å². The molecule has 4 aliphatic rings. The smallest absolute Gasteiger partial charge is 0.158 e. The number of allylic oxidation sites excluding steroid dienone is 15. The van der Waals surface area contributed by atoms with Crippen molar-refractivity contribution in [3.63, 3.8) is 0 Å². The van der Waals surface area contributed by atoms with Crippen LogP contribution in [0.3, 0.4) is 0 Å². The minimum atomic E-state index is 0.101. The van der Waals surface area contributed by atoms with Crippen LogP contribution in [0.15, 0.2) is 93.7 Å². The van der Waals surface area contributed by atoms with Crippen LogP contribution in [0.1, 0.15) is 227 Å². The van der Waals surface area contributed by atoms with Crippen molar-refractivity contribution >= 4 is 23.1 Å². The largest absolute Gasteiger partial charge is 0.295 e. The summed E-state index contributed by atoms with van der Waals surface area (Å²) in [7, 11) is 0. The van der Waals surface area contributed by atoms with E-state index in [1.54, 1.807) is 19.1 Å². The Labute approximate surface area is 401 Å². The number of hydrogen-bond donors (Lipinski definition) is 0. The van der Waals surface area contributed by atoms with Crippen LogP contribution >= 0.6 is 0 Å². The standard InChI is InChI=1S/C16H26O.3C15H24O/c1-6-8-15(17)13(3)11-14-12(2)9-7-10-16(14,4)5;1-11(2)14(16)9-8-13-12(3)7-6-10-15(13,4)5;1-6-13(12(3)16)10-14-11(2)8-7-9-15(14,4)5;1-5-7-13(16)9-10-14-12(2)8-6-11-15(14,3)4/h11,14H,2,6-10H2,1,3-5H3;8-9,11H,6-7,10H2,1-5H3;10H,6-9H2,1-5H3;8-10,14H,5-7,11H2,1-4H3/b13-11+;9-8+;13-10+;10-9+. The van der Waals surface area contributed by atoms with Crippen molar-refractivity contribution < 1.29 is 19.2 Å². The molecule has 0 aromatic heterocycles. The van der Waals surface area contributed by atoms with Gasteiger partial charge in [-0.2, -0.15) is 0 Å². The molecule has 0 heterocycles. The summed E-state index contributed by atoms with van der Waals surface area (Å²) < 4.78 is 0. The van der Waals surface area contributed by atoms with Gasteiger partial charge in [0.15, 0.2) is 23.1 Å². The first-order valence-corrected chi connectivity index (χ1v) is 25.7. The molecule has 4 rings (SSSR count). The van der Waals surface area contributed by atoms with Gasteiger partial charge in [0.1, 0.15) is 0 Å². The SMILES string of the molecule is C=C1CCCC(C)(C)C1/C=C(\C)C(=O)CCC.CC/C(=C\C1=C(C)CCCC1(C)C)C(C)=O.CC1=C(/C=C/C(=O)C(C)C)C(C)(C)CCC1.CCCC(=O)/C=C/C1C(C)=CCCC1(C)C. The van der Waals surface area contributed by atoms with Gasteiger partial charge < -0.3 is 0 Å². The third kappa shape index (κ3) is 19.8. The molecule has 0 amide bonds. The molecule has 0 saturated heterocycles. The zero-order valence-corrected chi connectivity index (χ0v) is 45.4. The highest BCUT2D eigenvalue weighted by atomic mass is 16.1. The predicted octanol–water partition coefficient (Wildman–Crippen LogP) is 17.7. The van der Waals surface area contributed by atoms with E-state index in [2.05, 4.69) is 127 Å². The molecule has 65 heavy (non-hydrogen) atoms. The number of carbonyl (C=O) groups excluding carboxylic acids is 4. The highest BCUT2D eigenvalue weighted by Crippen LogP contribution is 2.45. The summed E-state index contributed by atoms with van der Waals surface area (Å²) in [6, 6.07) is 0. The Balaban J connectivity index is 0.000000433. The molecule has 0 aliphatic heterocycles. The van der Waals surface area contributed by atoms with Gasteiger partial charge in [0, 0.05) is 30.6 Å². The molecular weight excluding hydrogens is 797 g/mol. The summed E-state index contributed by atoms with van der Waals surface area (Å²) in [4.78, 5) is 46.4. The van der Waals surface area contributed by atoms with Crippen molar-refractivity contribution in [1.29, 1.82) is 0 Å². The molecule has 0 N–H and O–H groups in total. The summed E-state index contributed by atoms with van der Waals surface area (Å²) in [5.74, 6) is 1.90. The van der Waals surface area contributed by atoms with Crippen molar-refractivity contribution in [1.82, 2.24) is 0 Å². The molecule has 4 heteroatoms. The minimum absolute atomic E-state index is 0.101. The zero-order valence-electron chi connectivity index (χ0n) is 45.4. The summed E-state index contributed by atoms with van der Waals surface area (Å²) in [5.41, 5.74) is 11.3. The molecule has 2 atom stereocenters. The lowest BCUT2D eigenvalue weighted by Crippen LogP contribution is -2.28. The fourth-order valence-electron chi connectivity index (χ4n) is 10.2. The van der Waals surface area contributed by atoms with Gasteiger partial charge in [0.25, 0.3) is 0 Å². The van der Waals surface area contributed by atoms with Crippen LogP contribution in [0.25, 0.3) is 0 Å². The van der Waals surface area contributed by atoms with Crippen molar-refractivity contribution in [3.05, 3.63) is 93.7 Å². The number of hydrogen-bond acceptors (Lipinski definition) is 4. The minimum Gasteiger partial charge on any atom is -0.295 e. The summed E-state index contributed by atoms with van der Waals surface area (Å²) in [6.45, 7) is 42.7. The quantitative estimate of drug-likeness (QED) is 0.129. The lowest BCUT2D eigenvalue weighted by Gasteiger charge is -2.39. The second-order valence-corrected chi connectivity index (χ2v) is 22.9. The number of carbonyl (C=O) groups is 4. The third-order valence-electron chi connectivity index (χ3n) is 14.7. The molecule has 0 aromatic rings. The van der Waals surface area contributed by atoms with Crippen LogP contribution in [-0.4, -0.2) is 23.1 Å². The maximum atomic E-state index is 11.8. The zero-order chi connectivity index (χ0) is 49.9. The molecule has 1 saturated carbocycles. The second kappa shape index (κ2) is 27.4. The summed E-state index contributed by atoms with van der Waals surface area (Å²) in [6.07, 6.45) is 31.7. The fourth-order valence-corrected chi connectivity index (χ4v) is 10.2. The van der Waals surface area contributed by atoms with Gasteiger partial charge in [0.2, 0.25) is 0 Å². The molecule has 0 spiro atoms. The molecule has 0 aromatic carbocycles. The first-order chi connectivity index (χ1) is 30.1. The van der Waals surface area contributed by atoms with Crippen LogP contribution in [0.5, 0.6) is 0 Å². The Morgan fingerprint density at radius 2 is 1.23 bits per heavy atom. The van der Waals surface area contributed by atoms with Gasteiger partial charge in [-0.3, -0.25) is 19.2 Å². The monoisotopic (exact) mass is 895 g/mol. The van der Waals surface area contributed by atoms with Gasteiger partial charge in [-0.25, -0.2) is 0 Å². The average molecular weight is 895 g/mol. The van der Waals surface area contributed by atoms with Crippen LogP contribution in [0.2, 0.25) is 0 Å². The molecule has 4 nitrogen and oxygen atoms in total. The summed E-state index contributed by atoms with van der Waals surface area (Å²) in [5, 5.41) is 0. The average Bonchev–Trinajstić information content (AvgIpc) is 3.18. The van der Waals surface area contributed by atoms with Crippen LogP contribution in [0, 0.1) is 39.4 Å². The van der Waals surface area contributed by atoms with E-state index >= 15 is 0 Å². The topological polar surface area (TPSA) is 68.3 Å². The molecule has 4 aliphatic carbocycles. The number of Topliss-reactive ketones (excluding diaryl/α,β-unsaturated/α-hetero) is 2. The second-order valence-electron chi connectivity index (χ2n) is 22.9. The molecule has 366 valence electrons. The Bertz CT molecular complexity index is 1850. The molecular formula is C61H98O4. The van der Waals surface area contributed by atoms with Crippen molar-refractivity contribution in [3.8, 4) is 0 Å². The Hall–Kier alpha value is -3.40. The lowest BCUT2D eigenvalue weighted by molar-refractivity contribution is -0.117. The van der Waals surface area contributed by atoms with Gasteiger partial charge in [-0.05, 0) is 181 Å². The van der Waals surface area contributed by atoms with Gasteiger partial charge >= 0.3 is 0 Å². The first kappa shape index (κ1) is 59.6. The Morgan fingerprint density at radius 3 is 1.69 bits per heavy atom. The third-order valence-corrected chi connectivity index (χ3v) is 14.7. The molecule has 0 bridgehead atoms. The Morgan fingerprint density at radius 1 is 0.708 bits per heavy atom. The van der Waals surface area contributed by atoms with E-state index in [1.165, 1.54) is 97.6 Å². The van der Waals surface area contributed by atoms with Crippen molar-refractivity contribution in [2.24, 2.45) is 39.4 Å². The van der Waals surface area contributed by atoms with Gasteiger partial charge in [0.05, 0.1) is 0 Å². The van der Waals surface area contributed by atoms with E-state index in [-0.39, 0.29) is 39.5 Å². The van der Waals surface area contributed by atoms with Gasteiger partial charge in [-0.1, -0.05) is 149 Å². The normalized spacial score (nSPS) is 22.9. The predicted molar refractivity (Wildman–Crippen MR) is 282 cm³/mol. The van der Waals surface area contributed by atoms with E-state index in [0.717, 1.165) is 36.8 Å². The van der Waals surface area contributed by atoms with Gasteiger partial charge in [-0.15, -0.1) is 0 Å². The molecule has 1 fully saturated rings. The maximum Gasteiger partial charge on any atom is 0.158 e. The van der Waals surface area contributed by atoms with E-state index < -0.39 is 0 Å². The van der Waals surface area contributed by atoms with E-state index in [4.69, 9.17) is 0 Å². The van der Waals surface area contributed by atoms with Crippen molar-refractivity contribution in [2.75, 3.05) is 0 Å². The van der Waals surface area contributed by atoms with E-state index in [0.29, 0.717) is 35.9 Å². The fraction of sp³-hybridized carbons (Fsp3) is 0.672. The number of rotatable bonds is 14. The summed E-state index contributed by atoms with van der Waals surface area (Å²) >= 11 is 0. The Kier molecular flexibility index (Phi) is 25.2.